The number of fused-ring (bicyclic) bond motifs is 1. The lowest BCUT2D eigenvalue weighted by molar-refractivity contribution is 0.105. The molecule has 0 radical (unpaired) electrons. The quantitative estimate of drug-likeness (QED) is 0.906. The summed E-state index contributed by atoms with van der Waals surface area (Å²) < 4.78 is 6.08. The van der Waals surface area contributed by atoms with Crippen molar-refractivity contribution >= 4 is 5.69 Å². The molecule has 0 spiro atoms. The number of hydrogen-bond donors (Lipinski definition) is 1. The smallest absolute Gasteiger partial charge is 0.143 e. The second kappa shape index (κ2) is 5.41. The summed E-state index contributed by atoms with van der Waals surface area (Å²) in [5.41, 5.74) is 8.28. The van der Waals surface area contributed by atoms with E-state index in [4.69, 9.17) is 10.5 Å². The maximum Gasteiger partial charge on any atom is 0.143 e. The van der Waals surface area contributed by atoms with Gasteiger partial charge in [-0.05, 0) is 51.3 Å². The molecule has 0 aromatic heterocycles. The van der Waals surface area contributed by atoms with E-state index in [0.29, 0.717) is 0 Å². The zero-order valence-electron chi connectivity index (χ0n) is 12.6. The van der Waals surface area contributed by atoms with Crippen LogP contribution in [0, 0.1) is 0 Å². The Morgan fingerprint density at radius 1 is 1.42 bits per heavy atom. The highest BCUT2D eigenvalue weighted by molar-refractivity contribution is 5.62. The van der Waals surface area contributed by atoms with E-state index in [1.54, 1.807) is 0 Å². The highest BCUT2D eigenvalue weighted by atomic mass is 16.5. The van der Waals surface area contributed by atoms with Crippen LogP contribution in [0.5, 0.6) is 5.75 Å². The van der Waals surface area contributed by atoms with Crippen LogP contribution in [-0.4, -0.2) is 24.7 Å². The molecule has 0 saturated heterocycles. The molecule has 3 nitrogen and oxygen atoms in total. The summed E-state index contributed by atoms with van der Waals surface area (Å²) in [4.78, 5) is 2.43. The van der Waals surface area contributed by atoms with Crippen molar-refractivity contribution in [3.8, 4) is 5.75 Å². The van der Waals surface area contributed by atoms with Crippen LogP contribution >= 0.6 is 0 Å². The lowest BCUT2D eigenvalue weighted by Gasteiger charge is -2.41. The number of nitrogens with zero attached hydrogens (tertiary/aromatic N) is 1. The Bertz CT molecular complexity index is 440. The normalized spacial score (nSPS) is 18.7. The van der Waals surface area contributed by atoms with Crippen molar-refractivity contribution in [3.05, 3.63) is 23.8 Å². The molecule has 3 heteroatoms. The van der Waals surface area contributed by atoms with E-state index >= 15 is 0 Å². The van der Waals surface area contributed by atoms with Gasteiger partial charge >= 0.3 is 0 Å². The molecule has 106 valence electrons. The summed E-state index contributed by atoms with van der Waals surface area (Å²) in [7, 11) is 0. The van der Waals surface area contributed by atoms with Gasteiger partial charge in [0.2, 0.25) is 0 Å². The molecule has 2 rings (SSSR count). The average Bonchev–Trinajstić information content (AvgIpc) is 2.28. The maximum atomic E-state index is 6.08. The van der Waals surface area contributed by atoms with Crippen molar-refractivity contribution < 1.29 is 4.74 Å². The molecule has 1 aromatic carbocycles. The molecule has 1 aliphatic rings. The summed E-state index contributed by atoms with van der Waals surface area (Å²) in [6.07, 6.45) is 2.06. The van der Waals surface area contributed by atoms with Gasteiger partial charge in [-0.1, -0.05) is 13.0 Å². The van der Waals surface area contributed by atoms with Gasteiger partial charge in [-0.25, -0.2) is 0 Å². The van der Waals surface area contributed by atoms with E-state index in [1.165, 1.54) is 11.3 Å². The number of benzene rings is 1. The highest BCUT2D eigenvalue weighted by Gasteiger charge is 2.31. The van der Waals surface area contributed by atoms with E-state index < -0.39 is 0 Å². The molecule has 1 unspecified atom stereocenters. The molecule has 0 amide bonds. The van der Waals surface area contributed by atoms with E-state index in [9.17, 15) is 0 Å². The molecule has 1 aromatic rings. The van der Waals surface area contributed by atoms with Gasteiger partial charge in [0.25, 0.3) is 0 Å². The van der Waals surface area contributed by atoms with Gasteiger partial charge < -0.3 is 15.4 Å². The van der Waals surface area contributed by atoms with Gasteiger partial charge in [0.05, 0.1) is 12.2 Å². The van der Waals surface area contributed by atoms with Crippen molar-refractivity contribution in [2.75, 3.05) is 18.0 Å². The minimum Gasteiger partial charge on any atom is -0.484 e. The molecular weight excluding hydrogens is 236 g/mol. The summed E-state index contributed by atoms with van der Waals surface area (Å²) in [6, 6.07) is 6.66. The summed E-state index contributed by atoms with van der Waals surface area (Å²) >= 11 is 0. The van der Waals surface area contributed by atoms with E-state index in [1.807, 2.05) is 6.92 Å². The van der Waals surface area contributed by atoms with Gasteiger partial charge in [-0.15, -0.1) is 0 Å². The number of ether oxygens (including phenoxy) is 1. The average molecular weight is 262 g/mol. The van der Waals surface area contributed by atoms with Crippen LogP contribution in [0.25, 0.3) is 0 Å². The third-order valence-electron chi connectivity index (χ3n) is 3.37. The van der Waals surface area contributed by atoms with E-state index in [-0.39, 0.29) is 11.6 Å². The van der Waals surface area contributed by atoms with Crippen molar-refractivity contribution in [1.82, 2.24) is 0 Å². The molecule has 0 bridgehead atoms. The molecule has 0 saturated carbocycles. The lowest BCUT2D eigenvalue weighted by Crippen LogP contribution is -2.47. The van der Waals surface area contributed by atoms with Gasteiger partial charge in [0, 0.05) is 12.6 Å². The second-order valence-electron chi connectivity index (χ2n) is 6.27. The Balaban J connectivity index is 2.32. The number of rotatable bonds is 4. The summed E-state index contributed by atoms with van der Waals surface area (Å²) in [5, 5.41) is 0. The minimum atomic E-state index is -0.120. The Morgan fingerprint density at radius 2 is 2.16 bits per heavy atom. The van der Waals surface area contributed by atoms with Crippen molar-refractivity contribution in [2.45, 2.75) is 52.2 Å². The van der Waals surface area contributed by atoms with Crippen molar-refractivity contribution in [1.29, 1.82) is 0 Å². The molecule has 1 heterocycles. The SMILES string of the molecule is CCCN1CC(C)(C)Oc2ccc(CC(C)N)cc21. The van der Waals surface area contributed by atoms with Crippen LogP contribution in [0.3, 0.4) is 0 Å². The van der Waals surface area contributed by atoms with Crippen LogP contribution in [-0.2, 0) is 6.42 Å². The summed E-state index contributed by atoms with van der Waals surface area (Å²) in [6.45, 7) is 10.6. The van der Waals surface area contributed by atoms with Crippen LogP contribution in [0.15, 0.2) is 18.2 Å². The monoisotopic (exact) mass is 262 g/mol. The second-order valence-corrected chi connectivity index (χ2v) is 6.27. The number of nitrogens with two attached hydrogens (primary N) is 1. The van der Waals surface area contributed by atoms with Crippen LogP contribution < -0.4 is 15.4 Å². The Labute approximate surface area is 116 Å². The first-order valence-electron chi connectivity index (χ1n) is 7.24. The predicted octanol–water partition coefficient (Wildman–Crippen LogP) is 2.96. The molecule has 2 N–H and O–H groups in total. The van der Waals surface area contributed by atoms with Crippen LogP contribution in [0.1, 0.15) is 39.7 Å². The fraction of sp³-hybridized carbons (Fsp3) is 0.625. The van der Waals surface area contributed by atoms with E-state index in [0.717, 1.165) is 31.7 Å². The van der Waals surface area contributed by atoms with Crippen LogP contribution in [0.2, 0.25) is 0 Å². The molecule has 0 fully saturated rings. The third kappa shape index (κ3) is 3.41. The number of anilines is 1. The number of hydrogen-bond acceptors (Lipinski definition) is 3. The predicted molar refractivity (Wildman–Crippen MR) is 81.0 cm³/mol. The van der Waals surface area contributed by atoms with Gasteiger partial charge in [0.15, 0.2) is 0 Å². The fourth-order valence-electron chi connectivity index (χ4n) is 2.74. The Morgan fingerprint density at radius 3 is 2.79 bits per heavy atom. The van der Waals surface area contributed by atoms with Gasteiger partial charge in [-0.3, -0.25) is 0 Å². The Hall–Kier alpha value is -1.22. The van der Waals surface area contributed by atoms with Gasteiger partial charge in [0.1, 0.15) is 11.4 Å². The zero-order chi connectivity index (χ0) is 14.0. The standard InChI is InChI=1S/C16H26N2O/c1-5-8-18-11-16(3,4)19-15-7-6-13(9-12(2)17)10-14(15)18/h6-7,10,12H,5,8-9,11,17H2,1-4H3. The van der Waals surface area contributed by atoms with Gasteiger partial charge in [-0.2, -0.15) is 0 Å². The molecular formula is C16H26N2O. The van der Waals surface area contributed by atoms with Crippen molar-refractivity contribution in [2.24, 2.45) is 5.73 Å². The molecule has 1 atom stereocenters. The lowest BCUT2D eigenvalue weighted by atomic mass is 10.0. The third-order valence-corrected chi connectivity index (χ3v) is 3.37. The van der Waals surface area contributed by atoms with Crippen LogP contribution in [0.4, 0.5) is 5.69 Å². The van der Waals surface area contributed by atoms with Crippen molar-refractivity contribution in [3.63, 3.8) is 0 Å². The Kier molecular flexibility index (Phi) is 4.04. The zero-order valence-corrected chi connectivity index (χ0v) is 12.6. The van der Waals surface area contributed by atoms with E-state index in [2.05, 4.69) is 43.9 Å². The highest BCUT2D eigenvalue weighted by Crippen LogP contribution is 2.37. The fourth-order valence-corrected chi connectivity index (χ4v) is 2.74. The first kappa shape index (κ1) is 14.2. The molecule has 1 aliphatic heterocycles. The largest absolute Gasteiger partial charge is 0.484 e. The molecule has 0 aliphatic carbocycles. The summed E-state index contributed by atoms with van der Waals surface area (Å²) in [5.74, 6) is 0.998. The molecule has 19 heavy (non-hydrogen) atoms. The first-order chi connectivity index (χ1) is 8.91. The first-order valence-corrected chi connectivity index (χ1v) is 7.24. The topological polar surface area (TPSA) is 38.5 Å². The minimum absolute atomic E-state index is 0.120. The maximum absolute atomic E-state index is 6.08.